The molecular formula is C26H25NO4S. The second kappa shape index (κ2) is 9.01. The molecule has 6 heteroatoms. The molecular weight excluding hydrogens is 422 g/mol. The molecule has 2 heterocycles. The fraction of sp³-hybridized carbons (Fsp3) is 0.231. The summed E-state index contributed by atoms with van der Waals surface area (Å²) in [5, 5.41) is 12.6. The number of rotatable bonds is 7. The van der Waals surface area contributed by atoms with Gasteiger partial charge >= 0.3 is 0 Å². The second-order valence-corrected chi connectivity index (χ2v) is 9.21. The SMILES string of the molecule is Cc1cccc(C2C(C(=O)c3cccs3)=C(O)C(=O)N2c2ccc(OCC(C)C)cc2)c1. The zero-order valence-corrected chi connectivity index (χ0v) is 19.1. The van der Waals surface area contributed by atoms with Crippen molar-refractivity contribution in [2.75, 3.05) is 11.5 Å². The minimum atomic E-state index is -0.723. The molecule has 0 bridgehead atoms. The Bertz CT molecular complexity index is 1160. The summed E-state index contributed by atoms with van der Waals surface area (Å²) in [7, 11) is 0. The number of nitrogens with zero attached hydrogens (tertiary/aromatic N) is 1. The number of benzene rings is 2. The summed E-state index contributed by atoms with van der Waals surface area (Å²) in [5.41, 5.74) is 2.45. The Morgan fingerprint density at radius 3 is 2.50 bits per heavy atom. The molecule has 0 fully saturated rings. The highest BCUT2D eigenvalue weighted by Crippen LogP contribution is 2.42. The molecule has 32 heavy (non-hydrogen) atoms. The van der Waals surface area contributed by atoms with E-state index in [0.29, 0.717) is 28.8 Å². The minimum Gasteiger partial charge on any atom is -0.503 e. The van der Waals surface area contributed by atoms with Crippen LogP contribution in [0.15, 0.2) is 77.4 Å². The van der Waals surface area contributed by atoms with Gasteiger partial charge in [0, 0.05) is 5.69 Å². The molecule has 0 saturated carbocycles. The Labute approximate surface area is 191 Å². The first-order valence-corrected chi connectivity index (χ1v) is 11.4. The lowest BCUT2D eigenvalue weighted by Crippen LogP contribution is -2.31. The lowest BCUT2D eigenvalue weighted by molar-refractivity contribution is -0.117. The predicted octanol–water partition coefficient (Wildman–Crippen LogP) is 5.87. The number of aliphatic hydroxyl groups is 1. The van der Waals surface area contributed by atoms with Gasteiger partial charge in [-0.2, -0.15) is 0 Å². The van der Waals surface area contributed by atoms with E-state index >= 15 is 0 Å². The van der Waals surface area contributed by atoms with Crippen LogP contribution in [-0.2, 0) is 4.79 Å². The first kappa shape index (κ1) is 21.8. The van der Waals surface area contributed by atoms with Crippen LogP contribution < -0.4 is 9.64 Å². The van der Waals surface area contributed by atoms with Crippen molar-refractivity contribution in [2.24, 2.45) is 5.92 Å². The maximum absolute atomic E-state index is 13.3. The van der Waals surface area contributed by atoms with Crippen molar-refractivity contribution < 1.29 is 19.4 Å². The van der Waals surface area contributed by atoms with Gasteiger partial charge in [0.1, 0.15) is 5.75 Å². The van der Waals surface area contributed by atoms with Crippen LogP contribution >= 0.6 is 11.3 Å². The van der Waals surface area contributed by atoms with Crippen LogP contribution in [-0.4, -0.2) is 23.4 Å². The highest BCUT2D eigenvalue weighted by molar-refractivity contribution is 7.12. The van der Waals surface area contributed by atoms with Gasteiger partial charge in [-0.15, -0.1) is 11.3 Å². The zero-order valence-electron chi connectivity index (χ0n) is 18.2. The smallest absolute Gasteiger partial charge is 0.294 e. The normalized spacial score (nSPS) is 16.2. The Morgan fingerprint density at radius 2 is 1.88 bits per heavy atom. The number of thiophene rings is 1. The van der Waals surface area contributed by atoms with Crippen LogP contribution in [0.4, 0.5) is 5.69 Å². The maximum atomic E-state index is 13.3. The number of hydrogen-bond donors (Lipinski definition) is 1. The van der Waals surface area contributed by atoms with Gasteiger partial charge < -0.3 is 9.84 Å². The van der Waals surface area contributed by atoms with Crippen molar-refractivity contribution in [3.63, 3.8) is 0 Å². The highest BCUT2D eigenvalue weighted by atomic mass is 32.1. The lowest BCUT2D eigenvalue weighted by atomic mass is 9.94. The van der Waals surface area contributed by atoms with Gasteiger partial charge in [0.2, 0.25) is 5.78 Å². The average Bonchev–Trinajstić information content (AvgIpc) is 3.40. The van der Waals surface area contributed by atoms with Crippen molar-refractivity contribution in [1.82, 2.24) is 0 Å². The predicted molar refractivity (Wildman–Crippen MR) is 126 cm³/mol. The number of aryl methyl sites for hydroxylation is 1. The van der Waals surface area contributed by atoms with Gasteiger partial charge in [-0.1, -0.05) is 49.7 Å². The van der Waals surface area contributed by atoms with Gasteiger partial charge in [0.25, 0.3) is 5.91 Å². The number of Topliss-reactive ketones (excluding diaryl/α,β-unsaturated/α-hetero) is 1. The number of aliphatic hydroxyl groups excluding tert-OH is 1. The third-order valence-electron chi connectivity index (χ3n) is 5.25. The van der Waals surface area contributed by atoms with Crippen molar-refractivity contribution in [3.05, 3.63) is 93.4 Å². The quantitative estimate of drug-likeness (QED) is 0.460. The van der Waals surface area contributed by atoms with E-state index in [9.17, 15) is 14.7 Å². The van der Waals surface area contributed by atoms with Crippen molar-refractivity contribution >= 4 is 28.7 Å². The minimum absolute atomic E-state index is 0.100. The summed E-state index contributed by atoms with van der Waals surface area (Å²) in [6.07, 6.45) is 0. The molecule has 1 aliphatic rings. The molecule has 0 radical (unpaired) electrons. The number of carbonyl (C=O) groups is 2. The van der Waals surface area contributed by atoms with Crippen molar-refractivity contribution in [1.29, 1.82) is 0 Å². The van der Waals surface area contributed by atoms with Crippen molar-refractivity contribution in [3.8, 4) is 5.75 Å². The summed E-state index contributed by atoms with van der Waals surface area (Å²) < 4.78 is 5.75. The number of ether oxygens (including phenoxy) is 1. The van der Waals surface area contributed by atoms with E-state index in [1.807, 2.05) is 31.2 Å². The summed E-state index contributed by atoms with van der Waals surface area (Å²) in [5.74, 6) is -0.334. The molecule has 3 aromatic rings. The number of carbonyl (C=O) groups excluding carboxylic acids is 2. The average molecular weight is 448 g/mol. The molecule has 2 aromatic carbocycles. The van der Waals surface area contributed by atoms with Gasteiger partial charge in [-0.3, -0.25) is 14.5 Å². The van der Waals surface area contributed by atoms with E-state index in [1.54, 1.807) is 41.8 Å². The van der Waals surface area contributed by atoms with Gasteiger partial charge in [-0.05, 0) is 54.1 Å². The van der Waals surface area contributed by atoms with Crippen LogP contribution in [0.3, 0.4) is 0 Å². The first-order valence-electron chi connectivity index (χ1n) is 10.5. The fourth-order valence-electron chi connectivity index (χ4n) is 3.77. The molecule has 164 valence electrons. The highest BCUT2D eigenvalue weighted by Gasteiger charge is 2.44. The molecule has 1 unspecified atom stereocenters. The summed E-state index contributed by atoms with van der Waals surface area (Å²) in [4.78, 5) is 28.5. The standard InChI is InChI=1S/C26H25NO4S/c1-16(2)15-31-20-11-9-19(10-12-20)27-23(18-7-4-6-17(3)14-18)22(25(29)26(27)30)24(28)21-8-5-13-32-21/h4-14,16,23,29H,15H2,1-3H3. The van der Waals surface area contributed by atoms with E-state index in [2.05, 4.69) is 13.8 Å². The summed E-state index contributed by atoms with van der Waals surface area (Å²) in [6, 6.07) is 17.6. The maximum Gasteiger partial charge on any atom is 0.294 e. The summed E-state index contributed by atoms with van der Waals surface area (Å²) in [6.45, 7) is 6.69. The Balaban J connectivity index is 1.76. The number of amides is 1. The van der Waals surface area contributed by atoms with Crippen LogP contribution in [0.25, 0.3) is 0 Å². The molecule has 1 atom stereocenters. The molecule has 5 nitrogen and oxygen atoms in total. The second-order valence-electron chi connectivity index (χ2n) is 8.26. The number of ketones is 1. The van der Waals surface area contributed by atoms with E-state index < -0.39 is 17.7 Å². The Morgan fingerprint density at radius 1 is 1.12 bits per heavy atom. The first-order chi connectivity index (χ1) is 15.4. The van der Waals surface area contributed by atoms with Crippen LogP contribution in [0.1, 0.15) is 40.7 Å². The molecule has 0 saturated heterocycles. The van der Waals surface area contributed by atoms with Crippen LogP contribution in [0.5, 0.6) is 5.75 Å². The molecule has 0 aliphatic carbocycles. The van der Waals surface area contributed by atoms with E-state index in [-0.39, 0.29) is 11.4 Å². The molecule has 1 N–H and O–H groups in total. The molecule has 1 aliphatic heterocycles. The largest absolute Gasteiger partial charge is 0.503 e. The third-order valence-corrected chi connectivity index (χ3v) is 6.12. The topological polar surface area (TPSA) is 66.8 Å². The molecule has 1 aromatic heterocycles. The lowest BCUT2D eigenvalue weighted by Gasteiger charge is -2.27. The van der Waals surface area contributed by atoms with Crippen LogP contribution in [0.2, 0.25) is 0 Å². The van der Waals surface area contributed by atoms with E-state index in [0.717, 1.165) is 11.1 Å². The molecule has 1 amide bonds. The Kier molecular flexibility index (Phi) is 6.15. The van der Waals surface area contributed by atoms with Gasteiger partial charge in [-0.25, -0.2) is 0 Å². The third kappa shape index (κ3) is 4.18. The van der Waals surface area contributed by atoms with Crippen LogP contribution in [0, 0.1) is 12.8 Å². The zero-order chi connectivity index (χ0) is 22.8. The molecule has 4 rings (SSSR count). The fourth-order valence-corrected chi connectivity index (χ4v) is 4.44. The number of hydrogen-bond acceptors (Lipinski definition) is 5. The van der Waals surface area contributed by atoms with Crippen molar-refractivity contribution in [2.45, 2.75) is 26.8 Å². The van der Waals surface area contributed by atoms with Gasteiger partial charge in [0.15, 0.2) is 5.76 Å². The molecule has 0 spiro atoms. The van der Waals surface area contributed by atoms with E-state index in [4.69, 9.17) is 4.74 Å². The monoisotopic (exact) mass is 447 g/mol. The van der Waals surface area contributed by atoms with Gasteiger partial charge in [0.05, 0.1) is 23.1 Å². The van der Waals surface area contributed by atoms with E-state index in [1.165, 1.54) is 16.2 Å². The number of anilines is 1. The Hall–Kier alpha value is -3.38. The summed E-state index contributed by atoms with van der Waals surface area (Å²) >= 11 is 1.29.